The van der Waals surface area contributed by atoms with Crippen LogP contribution in [0.3, 0.4) is 0 Å². The summed E-state index contributed by atoms with van der Waals surface area (Å²) in [5, 5.41) is 0. The zero-order chi connectivity index (χ0) is 22.4. The molecular formula is C27H44N2O2. The molecule has 1 heterocycles. The zero-order valence-corrected chi connectivity index (χ0v) is 20.6. The second kappa shape index (κ2) is 8.56. The van der Waals surface area contributed by atoms with Gasteiger partial charge >= 0.3 is 0 Å². The van der Waals surface area contributed by atoms with Crippen LogP contribution in [0.1, 0.15) is 86.0 Å². The highest BCUT2D eigenvalue weighted by Crippen LogP contribution is 2.63. The molecule has 0 spiro atoms. The highest BCUT2D eigenvalue weighted by atomic mass is 16.2. The van der Waals surface area contributed by atoms with Gasteiger partial charge < -0.3 is 9.80 Å². The molecule has 174 valence electrons. The highest BCUT2D eigenvalue weighted by molar-refractivity contribution is 5.91. The molecule has 2 saturated carbocycles. The Morgan fingerprint density at radius 2 is 1.87 bits per heavy atom. The van der Waals surface area contributed by atoms with Crippen LogP contribution in [0.5, 0.6) is 0 Å². The number of carbonyl (C=O) groups excluding carboxylic acids is 2. The van der Waals surface area contributed by atoms with E-state index in [1.54, 1.807) is 0 Å². The minimum absolute atomic E-state index is 0.0113. The van der Waals surface area contributed by atoms with Crippen LogP contribution in [-0.4, -0.2) is 47.7 Å². The van der Waals surface area contributed by atoms with E-state index < -0.39 is 0 Å². The summed E-state index contributed by atoms with van der Waals surface area (Å²) in [4.78, 5) is 30.2. The number of allylic oxidation sites excluding steroid dienone is 2. The Labute approximate surface area is 189 Å². The molecular weight excluding hydrogens is 384 g/mol. The predicted octanol–water partition coefficient (Wildman–Crippen LogP) is 5.28. The maximum atomic E-state index is 13.2. The topological polar surface area (TPSA) is 40.6 Å². The van der Waals surface area contributed by atoms with E-state index in [2.05, 4.69) is 39.5 Å². The fourth-order valence-electron chi connectivity index (χ4n) is 8.02. The molecule has 4 nitrogen and oxygen atoms in total. The van der Waals surface area contributed by atoms with Crippen LogP contribution in [0.25, 0.3) is 0 Å². The lowest BCUT2D eigenvalue weighted by Gasteiger charge is -2.60. The summed E-state index contributed by atoms with van der Waals surface area (Å²) in [6.45, 7) is 14.6. The van der Waals surface area contributed by atoms with E-state index in [4.69, 9.17) is 0 Å². The number of piperidine rings is 1. The Morgan fingerprint density at radius 3 is 2.55 bits per heavy atom. The minimum atomic E-state index is 0.0113. The van der Waals surface area contributed by atoms with Gasteiger partial charge in [0.2, 0.25) is 5.91 Å². The van der Waals surface area contributed by atoms with Crippen molar-refractivity contribution in [2.45, 2.75) is 86.0 Å². The van der Waals surface area contributed by atoms with Crippen molar-refractivity contribution in [1.29, 1.82) is 0 Å². The van der Waals surface area contributed by atoms with Crippen LogP contribution in [0.15, 0.2) is 11.8 Å². The number of fused-ring (bicyclic) bond motifs is 5. The van der Waals surface area contributed by atoms with Crippen molar-refractivity contribution in [3.8, 4) is 0 Å². The van der Waals surface area contributed by atoms with E-state index in [1.807, 2.05) is 11.0 Å². The Kier molecular flexibility index (Phi) is 6.31. The van der Waals surface area contributed by atoms with Crippen molar-refractivity contribution >= 4 is 11.7 Å². The van der Waals surface area contributed by atoms with Gasteiger partial charge in [-0.25, -0.2) is 0 Å². The Balaban J connectivity index is 1.66. The van der Waals surface area contributed by atoms with Crippen molar-refractivity contribution < 1.29 is 9.59 Å². The number of ketones is 1. The van der Waals surface area contributed by atoms with E-state index in [-0.39, 0.29) is 23.0 Å². The van der Waals surface area contributed by atoms with Gasteiger partial charge in [-0.15, -0.1) is 0 Å². The third-order valence-corrected chi connectivity index (χ3v) is 9.94. The van der Waals surface area contributed by atoms with Crippen molar-refractivity contribution in [2.24, 2.45) is 34.5 Å². The summed E-state index contributed by atoms with van der Waals surface area (Å²) in [6, 6.07) is 0. The molecule has 0 aromatic heterocycles. The van der Waals surface area contributed by atoms with E-state index in [1.165, 1.54) is 37.8 Å². The van der Waals surface area contributed by atoms with Gasteiger partial charge in [-0.2, -0.15) is 0 Å². The monoisotopic (exact) mass is 428 g/mol. The van der Waals surface area contributed by atoms with Crippen LogP contribution >= 0.6 is 0 Å². The van der Waals surface area contributed by atoms with Crippen molar-refractivity contribution in [2.75, 3.05) is 26.2 Å². The number of carbonyl (C=O) groups is 2. The second-order valence-electron chi connectivity index (χ2n) is 11.4. The normalized spacial score (nSPS) is 38.1. The molecule has 1 saturated heterocycles. The average Bonchev–Trinajstić information content (AvgIpc) is 3.15. The quantitative estimate of drug-likeness (QED) is 0.578. The molecule has 31 heavy (non-hydrogen) atoms. The zero-order valence-electron chi connectivity index (χ0n) is 20.6. The first-order valence-electron chi connectivity index (χ1n) is 13.1. The molecule has 1 aliphatic heterocycles. The number of hydrogen-bond acceptors (Lipinski definition) is 3. The van der Waals surface area contributed by atoms with Gasteiger partial charge in [0.15, 0.2) is 5.78 Å². The van der Waals surface area contributed by atoms with Crippen LogP contribution in [-0.2, 0) is 9.59 Å². The highest BCUT2D eigenvalue weighted by Gasteiger charge is 2.58. The first-order chi connectivity index (χ1) is 14.8. The molecule has 1 unspecified atom stereocenters. The summed E-state index contributed by atoms with van der Waals surface area (Å²) in [7, 11) is 0. The number of likely N-dealkylation sites (tertiary alicyclic amines) is 1. The molecule has 0 radical (unpaired) electrons. The Hall–Kier alpha value is -1.32. The van der Waals surface area contributed by atoms with Gasteiger partial charge in [0, 0.05) is 49.8 Å². The summed E-state index contributed by atoms with van der Waals surface area (Å²) in [5.74, 6) is 2.78. The van der Waals surface area contributed by atoms with Gasteiger partial charge in [0.1, 0.15) is 0 Å². The molecule has 4 rings (SSSR count). The molecule has 4 heteroatoms. The van der Waals surface area contributed by atoms with Gasteiger partial charge in [-0.3, -0.25) is 9.59 Å². The lowest BCUT2D eigenvalue weighted by molar-refractivity contribution is -0.136. The minimum Gasteiger partial charge on any atom is -0.373 e. The maximum Gasteiger partial charge on any atom is 0.227 e. The van der Waals surface area contributed by atoms with Crippen molar-refractivity contribution in [3.63, 3.8) is 0 Å². The second-order valence-corrected chi connectivity index (χ2v) is 11.4. The van der Waals surface area contributed by atoms with Crippen LogP contribution in [0, 0.1) is 34.5 Å². The fraction of sp³-hybridized carbons (Fsp3) is 0.852. The maximum absolute atomic E-state index is 13.2. The van der Waals surface area contributed by atoms with E-state index >= 15 is 0 Å². The van der Waals surface area contributed by atoms with Crippen LogP contribution in [0.4, 0.5) is 0 Å². The number of amides is 1. The average molecular weight is 429 g/mol. The first-order valence-corrected chi connectivity index (χ1v) is 13.1. The van der Waals surface area contributed by atoms with E-state index in [0.29, 0.717) is 23.7 Å². The lowest BCUT2D eigenvalue weighted by atomic mass is 9.50. The molecule has 0 aromatic carbocycles. The van der Waals surface area contributed by atoms with Gasteiger partial charge in [0.25, 0.3) is 0 Å². The third-order valence-electron chi connectivity index (χ3n) is 9.94. The summed E-state index contributed by atoms with van der Waals surface area (Å²) in [5.41, 5.74) is 1.87. The van der Waals surface area contributed by atoms with Crippen LogP contribution < -0.4 is 0 Å². The third kappa shape index (κ3) is 3.76. The number of nitrogens with zero attached hydrogens (tertiary/aromatic N) is 2. The first kappa shape index (κ1) is 22.9. The van der Waals surface area contributed by atoms with Gasteiger partial charge in [-0.05, 0) is 75.5 Å². The number of rotatable bonds is 6. The van der Waals surface area contributed by atoms with E-state index in [9.17, 15) is 9.59 Å². The Bertz CT molecular complexity index is 742. The molecule has 3 fully saturated rings. The summed E-state index contributed by atoms with van der Waals surface area (Å²) in [6.07, 6.45) is 11.3. The molecule has 3 aliphatic carbocycles. The summed E-state index contributed by atoms with van der Waals surface area (Å²) < 4.78 is 0. The molecule has 1 amide bonds. The standard InChI is InChI=1S/C27H44N2O2/c1-6-19(25(31)28(7-2)8-3)17-29-18-21-22-10-9-13-26(22,4)14-12-23(21)27(5)15-11-20(30)16-24(27)29/h16,19,21-23H,6-15,17-18H2,1-5H3/t19?,21-,22-,23-,26-,27+/m0/s1. The van der Waals surface area contributed by atoms with Crippen LogP contribution in [0.2, 0.25) is 0 Å². The van der Waals surface area contributed by atoms with Crippen molar-refractivity contribution in [3.05, 3.63) is 11.8 Å². The van der Waals surface area contributed by atoms with Crippen molar-refractivity contribution in [1.82, 2.24) is 9.80 Å². The molecule has 0 aromatic rings. The van der Waals surface area contributed by atoms with Gasteiger partial charge in [0.05, 0.1) is 5.92 Å². The smallest absolute Gasteiger partial charge is 0.227 e. The largest absolute Gasteiger partial charge is 0.373 e. The Morgan fingerprint density at radius 1 is 1.13 bits per heavy atom. The molecule has 0 N–H and O–H groups in total. The SMILES string of the molecule is CCC(CN1C[C@H]2[C@@H]3CCC[C@@]3(C)CC[C@@H]2[C@@]2(C)CCC(=O)C=C12)C(=O)N(CC)CC. The lowest BCUT2D eigenvalue weighted by Crippen LogP contribution is -2.58. The van der Waals surface area contributed by atoms with Gasteiger partial charge in [-0.1, -0.05) is 27.2 Å². The number of hydrogen-bond donors (Lipinski definition) is 0. The summed E-state index contributed by atoms with van der Waals surface area (Å²) >= 11 is 0. The predicted molar refractivity (Wildman–Crippen MR) is 125 cm³/mol. The fourth-order valence-corrected chi connectivity index (χ4v) is 8.02. The van der Waals surface area contributed by atoms with E-state index in [0.717, 1.165) is 44.9 Å². The molecule has 0 bridgehead atoms. The molecule has 4 aliphatic rings. The molecule has 6 atom stereocenters.